The van der Waals surface area contributed by atoms with Crippen molar-refractivity contribution in [2.75, 3.05) is 0 Å². The zero-order chi connectivity index (χ0) is 10.3. The molecule has 2 rings (SSSR count). The first kappa shape index (κ1) is 8.96. The molecule has 2 heterocycles. The Labute approximate surface area is 82.9 Å². The van der Waals surface area contributed by atoms with Gasteiger partial charge in [0.1, 0.15) is 0 Å². The molecule has 5 nitrogen and oxygen atoms in total. The smallest absolute Gasteiger partial charge is 0.277 e. The summed E-state index contributed by atoms with van der Waals surface area (Å²) >= 11 is 5.72. The Kier molecular flexibility index (Phi) is 1.89. The molecular weight excluding hydrogens is 208 g/mol. The van der Waals surface area contributed by atoms with Gasteiger partial charge in [0.25, 0.3) is 5.56 Å². The summed E-state index contributed by atoms with van der Waals surface area (Å²) in [6.45, 7) is 0. The van der Waals surface area contributed by atoms with Gasteiger partial charge in [0.15, 0.2) is 22.8 Å². The van der Waals surface area contributed by atoms with Crippen LogP contribution in [0.5, 0.6) is 0 Å². The molecule has 2 aromatic heterocycles. The van der Waals surface area contributed by atoms with Gasteiger partial charge in [-0.25, -0.2) is 4.68 Å². The Hall–Kier alpha value is -1.62. The van der Waals surface area contributed by atoms with E-state index in [1.54, 1.807) is 0 Å². The van der Waals surface area contributed by atoms with Crippen molar-refractivity contribution >= 4 is 28.9 Å². The number of carbonyl (C=O) groups is 1. The second-order valence-corrected chi connectivity index (χ2v) is 3.09. The van der Waals surface area contributed by atoms with Gasteiger partial charge in [-0.1, -0.05) is 11.6 Å². The van der Waals surface area contributed by atoms with E-state index in [1.165, 1.54) is 13.1 Å². The van der Waals surface area contributed by atoms with Gasteiger partial charge in [-0.05, 0) is 0 Å². The van der Waals surface area contributed by atoms with Crippen molar-refractivity contribution in [2.45, 2.75) is 0 Å². The quantitative estimate of drug-likeness (QED) is 0.662. The Morgan fingerprint density at radius 1 is 1.64 bits per heavy atom. The van der Waals surface area contributed by atoms with Gasteiger partial charge < -0.3 is 4.42 Å². The molecule has 6 heteroatoms. The fraction of sp³-hybridized carbons (Fsp3) is 0.125. The van der Waals surface area contributed by atoms with E-state index < -0.39 is 0 Å². The van der Waals surface area contributed by atoms with Crippen molar-refractivity contribution in [1.29, 1.82) is 0 Å². The van der Waals surface area contributed by atoms with E-state index in [0.717, 1.165) is 4.68 Å². The molecule has 0 amide bonds. The molecule has 0 radical (unpaired) electrons. The van der Waals surface area contributed by atoms with Gasteiger partial charge in [-0.2, -0.15) is 5.10 Å². The van der Waals surface area contributed by atoms with E-state index in [-0.39, 0.29) is 27.4 Å². The minimum atomic E-state index is -0.346. The second-order valence-electron chi connectivity index (χ2n) is 2.73. The third kappa shape index (κ3) is 1.13. The highest BCUT2D eigenvalue weighted by molar-refractivity contribution is 6.33. The van der Waals surface area contributed by atoms with E-state index in [2.05, 4.69) is 5.10 Å². The van der Waals surface area contributed by atoms with E-state index >= 15 is 0 Å². The van der Waals surface area contributed by atoms with Crippen LogP contribution in [-0.2, 0) is 7.05 Å². The molecule has 0 atom stereocenters. The number of fused-ring (bicyclic) bond motifs is 1. The number of hydrogen-bond donors (Lipinski definition) is 0. The highest BCUT2D eigenvalue weighted by atomic mass is 35.5. The lowest BCUT2D eigenvalue weighted by Crippen LogP contribution is -2.18. The fourth-order valence-corrected chi connectivity index (χ4v) is 1.43. The van der Waals surface area contributed by atoms with E-state index in [0.29, 0.717) is 6.29 Å². The summed E-state index contributed by atoms with van der Waals surface area (Å²) in [6.07, 6.45) is 0.510. The van der Waals surface area contributed by atoms with Crippen LogP contribution in [0.1, 0.15) is 10.6 Å². The first-order valence-electron chi connectivity index (χ1n) is 3.75. The molecule has 0 bridgehead atoms. The number of carbonyl (C=O) groups excluding carboxylic acids is 1. The number of aldehydes is 1. The van der Waals surface area contributed by atoms with Crippen LogP contribution in [0.2, 0.25) is 5.15 Å². The maximum absolute atomic E-state index is 11.5. The predicted molar refractivity (Wildman–Crippen MR) is 49.6 cm³/mol. The summed E-state index contributed by atoms with van der Waals surface area (Å²) in [7, 11) is 1.47. The summed E-state index contributed by atoms with van der Waals surface area (Å²) in [5.74, 6) is 0.0620. The zero-order valence-electron chi connectivity index (χ0n) is 7.15. The third-order valence-electron chi connectivity index (χ3n) is 1.82. The first-order valence-corrected chi connectivity index (χ1v) is 4.13. The number of rotatable bonds is 1. The minimum absolute atomic E-state index is 0.0620. The first-order chi connectivity index (χ1) is 6.63. The SMILES string of the molecule is Cn1nc(Cl)c2oc(C=O)cc2c1=O. The third-order valence-corrected chi connectivity index (χ3v) is 2.06. The molecule has 0 aliphatic rings. The molecule has 0 aromatic carbocycles. The van der Waals surface area contributed by atoms with Gasteiger partial charge in [0.2, 0.25) is 0 Å². The van der Waals surface area contributed by atoms with Crippen LogP contribution >= 0.6 is 11.6 Å². The zero-order valence-corrected chi connectivity index (χ0v) is 7.91. The standard InChI is InChI=1S/C8H5ClN2O3/c1-11-8(13)5-2-4(3-12)14-6(5)7(9)10-11/h2-3H,1H3. The molecule has 0 fully saturated rings. The summed E-state index contributed by atoms with van der Waals surface area (Å²) < 4.78 is 6.10. The largest absolute Gasteiger partial charge is 0.450 e. The van der Waals surface area contributed by atoms with Gasteiger partial charge in [0.05, 0.1) is 5.39 Å². The number of halogens is 1. The molecule has 0 unspecified atom stereocenters. The molecule has 0 saturated heterocycles. The number of aryl methyl sites for hydroxylation is 1. The summed E-state index contributed by atoms with van der Waals surface area (Å²) in [6, 6.07) is 1.35. The molecule has 14 heavy (non-hydrogen) atoms. The Morgan fingerprint density at radius 2 is 2.36 bits per heavy atom. The van der Waals surface area contributed by atoms with Crippen LogP contribution in [-0.4, -0.2) is 16.1 Å². The molecule has 0 aliphatic heterocycles. The predicted octanol–water partition coefficient (Wildman–Crippen LogP) is 0.992. The summed E-state index contributed by atoms with van der Waals surface area (Å²) in [5, 5.41) is 4.03. The topological polar surface area (TPSA) is 65.1 Å². The van der Waals surface area contributed by atoms with Crippen molar-refractivity contribution < 1.29 is 9.21 Å². The second kappa shape index (κ2) is 2.95. The lowest BCUT2D eigenvalue weighted by Gasteiger charge is -1.95. The van der Waals surface area contributed by atoms with E-state index in [4.69, 9.17) is 16.0 Å². The minimum Gasteiger partial charge on any atom is -0.450 e. The average molecular weight is 213 g/mol. The highest BCUT2D eigenvalue weighted by Crippen LogP contribution is 2.20. The van der Waals surface area contributed by atoms with Crippen LogP contribution < -0.4 is 5.56 Å². The van der Waals surface area contributed by atoms with Crippen molar-refractivity contribution in [1.82, 2.24) is 9.78 Å². The van der Waals surface area contributed by atoms with Crippen LogP contribution in [0, 0.1) is 0 Å². The number of nitrogens with zero attached hydrogens (tertiary/aromatic N) is 2. The van der Waals surface area contributed by atoms with Gasteiger partial charge >= 0.3 is 0 Å². The Morgan fingerprint density at radius 3 is 3.00 bits per heavy atom. The number of furan rings is 1. The maximum atomic E-state index is 11.5. The van der Waals surface area contributed by atoms with Crippen LogP contribution in [0.3, 0.4) is 0 Å². The molecule has 2 aromatic rings. The lowest BCUT2D eigenvalue weighted by atomic mass is 10.3. The lowest BCUT2D eigenvalue weighted by molar-refractivity contribution is 0.110. The molecule has 0 spiro atoms. The number of hydrogen-bond acceptors (Lipinski definition) is 4. The summed E-state index contributed by atoms with van der Waals surface area (Å²) in [4.78, 5) is 21.9. The van der Waals surface area contributed by atoms with Gasteiger partial charge in [0, 0.05) is 13.1 Å². The van der Waals surface area contributed by atoms with Crippen molar-refractivity contribution in [3.05, 3.63) is 27.3 Å². The average Bonchev–Trinajstić information content (AvgIpc) is 2.58. The molecule has 0 N–H and O–H groups in total. The van der Waals surface area contributed by atoms with Crippen molar-refractivity contribution in [3.8, 4) is 0 Å². The normalized spacial score (nSPS) is 10.7. The Balaban J connectivity index is 2.98. The molecular formula is C8H5ClN2O3. The number of aromatic nitrogens is 2. The summed E-state index contributed by atoms with van der Waals surface area (Å²) in [5.41, 5.74) is -0.196. The maximum Gasteiger partial charge on any atom is 0.277 e. The monoisotopic (exact) mass is 212 g/mol. The molecule has 0 aliphatic carbocycles. The van der Waals surface area contributed by atoms with Gasteiger partial charge in [-0.3, -0.25) is 9.59 Å². The van der Waals surface area contributed by atoms with E-state index in [9.17, 15) is 9.59 Å². The van der Waals surface area contributed by atoms with Crippen LogP contribution in [0.15, 0.2) is 15.3 Å². The van der Waals surface area contributed by atoms with Crippen LogP contribution in [0.4, 0.5) is 0 Å². The molecule has 0 saturated carbocycles. The van der Waals surface area contributed by atoms with E-state index in [1.807, 2.05) is 0 Å². The van der Waals surface area contributed by atoms with Gasteiger partial charge in [-0.15, -0.1) is 0 Å². The van der Waals surface area contributed by atoms with Crippen molar-refractivity contribution in [2.24, 2.45) is 7.05 Å². The fourth-order valence-electron chi connectivity index (χ4n) is 1.18. The Bertz CT molecular complexity index is 570. The molecule has 72 valence electrons. The highest BCUT2D eigenvalue weighted by Gasteiger charge is 2.12. The van der Waals surface area contributed by atoms with Crippen molar-refractivity contribution in [3.63, 3.8) is 0 Å². The van der Waals surface area contributed by atoms with Crippen LogP contribution in [0.25, 0.3) is 11.0 Å².